The van der Waals surface area contributed by atoms with E-state index in [-0.39, 0.29) is 53.3 Å². The van der Waals surface area contributed by atoms with Crippen molar-refractivity contribution in [3.63, 3.8) is 0 Å². The summed E-state index contributed by atoms with van der Waals surface area (Å²) in [5.41, 5.74) is -2.41. The molecule has 0 radical (unpaired) electrons. The second-order valence-corrected chi connectivity index (χ2v) is 28.2. The van der Waals surface area contributed by atoms with E-state index in [2.05, 4.69) is 73.9 Å². The molecule has 0 bridgehead atoms. The molecule has 3 saturated heterocycles. The molecule has 82 heavy (non-hydrogen) atoms. The van der Waals surface area contributed by atoms with Gasteiger partial charge in [0.15, 0.2) is 18.7 Å². The molecule has 5 aliphatic carbocycles. The zero-order chi connectivity index (χ0) is 59.6. The minimum absolute atomic E-state index is 0.0188. The highest BCUT2D eigenvalue weighted by Crippen LogP contribution is 2.76. The fraction of sp³-hybridized carbons (Fsp3) is 0.800. The second kappa shape index (κ2) is 24.4. The van der Waals surface area contributed by atoms with E-state index >= 15 is 4.79 Å². The number of aliphatic hydroxyl groups is 9. The molecular weight excluding hydrogens is 1180 g/mol. The maximum absolute atomic E-state index is 15.7. The van der Waals surface area contributed by atoms with Crippen molar-refractivity contribution in [2.24, 2.45) is 50.2 Å². The smallest absolute Gasteiger partial charge is 0.317 e. The van der Waals surface area contributed by atoms with E-state index in [1.807, 2.05) is 19.1 Å². The van der Waals surface area contributed by atoms with Gasteiger partial charge in [-0.25, -0.2) is 0 Å². The lowest BCUT2D eigenvalue weighted by atomic mass is 9.33. The number of nitrogens with one attached hydrogen (secondary N) is 2. The number of carbonyl (C=O) groups excluding carboxylic acids is 4. The molecule has 11 N–H and O–H groups in total. The number of allylic oxidation sites excluding steroid dienone is 2. The van der Waals surface area contributed by atoms with Crippen LogP contribution in [0.25, 0.3) is 0 Å². The standard InChI is InChI=1S/C60H89IN2O19/c1-30-48(80-51-46(73)43(70)35(66)28-77-51)45(72)47(74)52(78-30)81-49-44(71)42(63-41(69)11-9-8-10-24-62-50(75)31-12-14-32(61)15-13-31)36(27-64)79-53(49)82-54(76)60-23-22-55(2,3)25-34(60)33-16-17-38-56(4)20-19-39(67)57(5,29-65)37(56)18-21-58(38,6)59(33,7)26-40(60)68/h12-16,29-30,34-40,42-49,51-53,64,66-68,70-74H,8-11,17-28H2,1-7H3,(H,62,75)(H,63,69)/t30-,34-,35+,36+,37+,38+,39-,40+,42-,43-,44-,45-,46+,47+,48-,49+,51-,52-,53-,56-,57-,58+,59+,60+/m0/s1/i61+4. The molecular formula is C60H89IN2O19. The number of halogens is 1. The number of fused-ring (bicyclic) bond motifs is 7. The Morgan fingerprint density at radius 1 is 0.756 bits per heavy atom. The summed E-state index contributed by atoms with van der Waals surface area (Å²) in [5.74, 6) is -2.06. The first-order valence-electron chi connectivity index (χ1n) is 29.6. The van der Waals surface area contributed by atoms with Crippen LogP contribution in [0.1, 0.15) is 142 Å². The van der Waals surface area contributed by atoms with Crippen molar-refractivity contribution in [2.45, 2.75) is 230 Å². The van der Waals surface area contributed by atoms with Gasteiger partial charge in [-0.2, -0.15) is 0 Å². The number of hydrogen-bond acceptors (Lipinski definition) is 19. The van der Waals surface area contributed by atoms with E-state index in [0.717, 1.165) is 28.3 Å². The number of aldehydes is 1. The van der Waals surface area contributed by atoms with Crippen molar-refractivity contribution < 1.29 is 93.6 Å². The van der Waals surface area contributed by atoms with Gasteiger partial charge < -0.3 is 89.8 Å². The first kappa shape index (κ1) is 63.7. The molecule has 22 heteroatoms. The Bertz CT molecular complexity index is 2510. The Balaban J connectivity index is 0.963. The van der Waals surface area contributed by atoms with Crippen LogP contribution in [0, 0.1) is 53.8 Å². The van der Waals surface area contributed by atoms with E-state index < -0.39 is 145 Å². The van der Waals surface area contributed by atoms with E-state index in [4.69, 9.17) is 28.4 Å². The third kappa shape index (κ3) is 11.3. The van der Waals surface area contributed by atoms with Gasteiger partial charge in [0.25, 0.3) is 5.91 Å². The quantitative estimate of drug-likeness (QED) is 0.0373. The molecule has 460 valence electrons. The summed E-state index contributed by atoms with van der Waals surface area (Å²) in [7, 11) is 0. The summed E-state index contributed by atoms with van der Waals surface area (Å²) in [5, 5.41) is 107. The molecule has 1 aromatic carbocycles. The average molecular weight is 1270 g/mol. The highest BCUT2D eigenvalue weighted by molar-refractivity contribution is 14.1. The first-order valence-corrected chi connectivity index (χ1v) is 30.7. The molecule has 21 nitrogen and oxygen atoms in total. The zero-order valence-electron chi connectivity index (χ0n) is 48.2. The third-order valence-corrected chi connectivity index (χ3v) is 22.4. The predicted octanol–water partition coefficient (Wildman–Crippen LogP) is 2.68. The monoisotopic (exact) mass is 1270 g/mol. The van der Waals surface area contributed by atoms with Gasteiger partial charge >= 0.3 is 5.97 Å². The van der Waals surface area contributed by atoms with Crippen LogP contribution in [0.2, 0.25) is 0 Å². The van der Waals surface area contributed by atoms with Crippen LogP contribution < -0.4 is 10.6 Å². The number of hydrogen-bond donors (Lipinski definition) is 11. The minimum Gasteiger partial charge on any atom is -0.432 e. The third-order valence-electron chi connectivity index (χ3n) is 21.7. The topological polar surface area (TPSA) is 330 Å². The van der Waals surface area contributed by atoms with Crippen molar-refractivity contribution >= 4 is 46.7 Å². The van der Waals surface area contributed by atoms with Gasteiger partial charge in [0.2, 0.25) is 12.2 Å². The van der Waals surface area contributed by atoms with E-state index in [1.54, 1.807) is 12.1 Å². The van der Waals surface area contributed by atoms with Gasteiger partial charge in [-0.1, -0.05) is 59.6 Å². The minimum atomic E-state index is -1.96. The Labute approximate surface area is 493 Å². The van der Waals surface area contributed by atoms with Crippen LogP contribution in [-0.2, 0) is 42.8 Å². The molecule has 3 heterocycles. The molecule has 7 fully saturated rings. The number of rotatable bonds is 16. The van der Waals surface area contributed by atoms with Crippen LogP contribution in [0.15, 0.2) is 35.9 Å². The van der Waals surface area contributed by atoms with E-state index in [1.165, 1.54) is 6.92 Å². The molecule has 2 amide bonds. The Hall–Kier alpha value is -2.79. The summed E-state index contributed by atoms with van der Waals surface area (Å²) in [4.78, 5) is 54.8. The molecule has 0 unspecified atom stereocenters. The molecule has 9 rings (SSSR count). The molecule has 8 aliphatic rings. The summed E-state index contributed by atoms with van der Waals surface area (Å²) in [6, 6.07) is 5.76. The van der Waals surface area contributed by atoms with Crippen LogP contribution in [-0.4, -0.2) is 188 Å². The Morgan fingerprint density at radius 2 is 1.45 bits per heavy atom. The fourth-order valence-electron chi connectivity index (χ4n) is 16.6. The molecule has 1 aromatic rings. The first-order chi connectivity index (χ1) is 38.6. The molecule has 0 spiro atoms. The van der Waals surface area contributed by atoms with Crippen LogP contribution >= 0.6 is 22.6 Å². The van der Waals surface area contributed by atoms with Crippen LogP contribution in [0.3, 0.4) is 0 Å². The van der Waals surface area contributed by atoms with Gasteiger partial charge in [-0.3, -0.25) is 14.4 Å². The van der Waals surface area contributed by atoms with Gasteiger partial charge in [0.05, 0.1) is 43.0 Å². The maximum Gasteiger partial charge on any atom is 0.317 e. The Morgan fingerprint density at radius 3 is 2.15 bits per heavy atom. The van der Waals surface area contributed by atoms with Crippen LogP contribution in [0.4, 0.5) is 0 Å². The van der Waals surface area contributed by atoms with Crippen molar-refractivity contribution in [1.29, 1.82) is 0 Å². The van der Waals surface area contributed by atoms with Crippen molar-refractivity contribution in [3.8, 4) is 0 Å². The van der Waals surface area contributed by atoms with E-state index in [0.29, 0.717) is 63.5 Å². The van der Waals surface area contributed by atoms with Crippen molar-refractivity contribution in [3.05, 3.63) is 45.0 Å². The number of aliphatic hydroxyl groups excluding tert-OH is 9. The number of unbranched alkanes of at least 4 members (excludes halogenated alkanes) is 2. The maximum atomic E-state index is 15.7. The number of amides is 2. The lowest BCUT2D eigenvalue weighted by Gasteiger charge is -2.71. The molecule has 4 saturated carbocycles. The number of esters is 1. The molecule has 0 aromatic heterocycles. The highest BCUT2D eigenvalue weighted by Gasteiger charge is 2.72. The zero-order valence-corrected chi connectivity index (χ0v) is 50.4. The summed E-state index contributed by atoms with van der Waals surface area (Å²) >= 11 is 2.16. The van der Waals surface area contributed by atoms with Crippen LogP contribution in [0.5, 0.6) is 0 Å². The second-order valence-electron chi connectivity index (χ2n) is 26.9. The summed E-state index contributed by atoms with van der Waals surface area (Å²) < 4.78 is 37.5. The van der Waals surface area contributed by atoms with Gasteiger partial charge in [0.1, 0.15) is 60.5 Å². The van der Waals surface area contributed by atoms with Gasteiger partial charge in [-0.15, -0.1) is 0 Å². The fourth-order valence-corrected chi connectivity index (χ4v) is 16.9. The van der Waals surface area contributed by atoms with Crippen molar-refractivity contribution in [2.75, 3.05) is 19.8 Å². The highest BCUT2D eigenvalue weighted by atomic mass is 131. The SMILES string of the molecule is C[C@@H]1O[C@@H](O[C@H]2[C@H](OC(=O)[C@]34CCC(C)(C)C[C@H]3C3=CC[C@@H]5[C@@]6(C)CC[C@H](O)[C@@](C)(C=O)[C@@H]6CC[C@@]5(C)[C@]3(C)C[C@H]4O)O[C@H](CO)[C@H](NC(=O)CCCCCNC(=O)c3ccc([131I])cc3)[C@@H]2O)[C@H](O)[C@H](O)[C@H]1O[C@@H]1OC[C@@H](O)[C@H](O)[C@H]1O. The average Bonchev–Trinajstić information content (AvgIpc) is 1.15. The normalized spacial score (nSPS) is 46.1. The lowest BCUT2D eigenvalue weighted by Crippen LogP contribution is -2.69. The number of benzene rings is 1. The Kier molecular flexibility index (Phi) is 19.0. The summed E-state index contributed by atoms with van der Waals surface area (Å²) in [6.45, 7) is 13.6. The summed E-state index contributed by atoms with van der Waals surface area (Å²) in [6.07, 6.45) is -13.8. The van der Waals surface area contributed by atoms with Crippen molar-refractivity contribution in [1.82, 2.24) is 10.6 Å². The number of carbonyl (C=O) groups is 4. The largest absolute Gasteiger partial charge is 0.432 e. The van der Waals surface area contributed by atoms with Gasteiger partial charge in [0, 0.05) is 22.1 Å². The predicted molar refractivity (Wildman–Crippen MR) is 300 cm³/mol. The molecule has 3 aliphatic heterocycles. The van der Waals surface area contributed by atoms with Gasteiger partial charge in [-0.05, 0) is 164 Å². The van der Waals surface area contributed by atoms with E-state index in [9.17, 15) is 60.3 Å². The lowest BCUT2D eigenvalue weighted by molar-refractivity contribution is -0.370. The number of ether oxygens (including phenoxy) is 6. The molecule has 24 atom stereocenters.